The summed E-state index contributed by atoms with van der Waals surface area (Å²) in [5.74, 6) is -0.151. The molecule has 2 aliphatic heterocycles. The molecule has 4 nitrogen and oxygen atoms in total. The highest BCUT2D eigenvalue weighted by molar-refractivity contribution is 6.03. The lowest BCUT2D eigenvalue weighted by atomic mass is 9.98. The standard InChI is InChI=1S/C20H20N2O2/c23-19-17-12-7-13-21(17)18(16-10-5-2-6-11-16)20(24)22(19)14-15-8-3-1-4-9-15/h1-6,8-11,17-18H,7,12-14H2/t17-,18-/m0/s1. The van der Waals surface area contributed by atoms with Crippen molar-refractivity contribution >= 4 is 11.8 Å². The van der Waals surface area contributed by atoms with Crippen molar-refractivity contribution in [2.24, 2.45) is 0 Å². The minimum Gasteiger partial charge on any atom is -0.277 e. The molecule has 4 rings (SSSR count). The highest BCUT2D eigenvalue weighted by atomic mass is 16.2. The maximum Gasteiger partial charge on any atom is 0.251 e. The lowest BCUT2D eigenvalue weighted by Gasteiger charge is -2.41. The fourth-order valence-electron chi connectivity index (χ4n) is 3.83. The van der Waals surface area contributed by atoms with Gasteiger partial charge in [0, 0.05) is 6.54 Å². The number of amides is 2. The molecule has 2 atom stereocenters. The Labute approximate surface area is 141 Å². The zero-order valence-corrected chi connectivity index (χ0v) is 13.5. The minimum absolute atomic E-state index is 0.0477. The summed E-state index contributed by atoms with van der Waals surface area (Å²) in [5.41, 5.74) is 1.96. The van der Waals surface area contributed by atoms with Gasteiger partial charge in [0.2, 0.25) is 5.91 Å². The van der Waals surface area contributed by atoms with Crippen molar-refractivity contribution in [3.8, 4) is 0 Å². The van der Waals surface area contributed by atoms with Gasteiger partial charge in [0.1, 0.15) is 6.04 Å². The Hall–Kier alpha value is -2.46. The van der Waals surface area contributed by atoms with Crippen molar-refractivity contribution in [2.45, 2.75) is 31.5 Å². The number of hydrogen-bond donors (Lipinski definition) is 0. The normalized spacial score (nSPS) is 24.2. The molecule has 4 heteroatoms. The lowest BCUT2D eigenvalue weighted by Crippen LogP contribution is -2.58. The highest BCUT2D eigenvalue weighted by Crippen LogP contribution is 2.36. The van der Waals surface area contributed by atoms with E-state index in [1.807, 2.05) is 60.7 Å². The molecule has 24 heavy (non-hydrogen) atoms. The fraction of sp³-hybridized carbons (Fsp3) is 0.300. The van der Waals surface area contributed by atoms with E-state index in [0.717, 1.165) is 30.5 Å². The molecule has 0 aliphatic carbocycles. The quantitative estimate of drug-likeness (QED) is 0.817. The summed E-state index contributed by atoms with van der Waals surface area (Å²) in [6.07, 6.45) is 1.80. The third-order valence-corrected chi connectivity index (χ3v) is 4.98. The molecule has 0 unspecified atom stereocenters. The number of nitrogens with zero attached hydrogens (tertiary/aromatic N) is 2. The zero-order valence-electron chi connectivity index (χ0n) is 13.5. The van der Waals surface area contributed by atoms with Crippen molar-refractivity contribution in [3.63, 3.8) is 0 Å². The van der Waals surface area contributed by atoms with Crippen molar-refractivity contribution < 1.29 is 9.59 Å². The van der Waals surface area contributed by atoms with E-state index in [1.165, 1.54) is 4.90 Å². The monoisotopic (exact) mass is 320 g/mol. The van der Waals surface area contributed by atoms with Crippen LogP contribution in [0.15, 0.2) is 60.7 Å². The van der Waals surface area contributed by atoms with E-state index in [0.29, 0.717) is 6.54 Å². The van der Waals surface area contributed by atoms with Gasteiger partial charge >= 0.3 is 0 Å². The second-order valence-corrected chi connectivity index (χ2v) is 6.46. The van der Waals surface area contributed by atoms with Crippen LogP contribution >= 0.6 is 0 Å². The van der Waals surface area contributed by atoms with Gasteiger partial charge in [-0.15, -0.1) is 0 Å². The van der Waals surface area contributed by atoms with Crippen LogP contribution in [0.25, 0.3) is 0 Å². The molecule has 2 saturated heterocycles. The molecule has 2 fully saturated rings. The van der Waals surface area contributed by atoms with Gasteiger partial charge in [-0.2, -0.15) is 0 Å². The molecule has 0 N–H and O–H groups in total. The number of carbonyl (C=O) groups is 2. The lowest BCUT2D eigenvalue weighted by molar-refractivity contribution is -0.160. The van der Waals surface area contributed by atoms with Crippen molar-refractivity contribution in [1.29, 1.82) is 0 Å². The molecular formula is C20H20N2O2. The second-order valence-electron chi connectivity index (χ2n) is 6.46. The van der Waals surface area contributed by atoms with Crippen LogP contribution in [0.4, 0.5) is 0 Å². The SMILES string of the molecule is O=C1[C@H](c2ccccc2)N2CCC[C@H]2C(=O)N1Cc1ccccc1. The molecule has 0 saturated carbocycles. The van der Waals surface area contributed by atoms with Gasteiger partial charge in [-0.05, 0) is 24.0 Å². The average Bonchev–Trinajstić information content (AvgIpc) is 3.10. The van der Waals surface area contributed by atoms with Crippen LogP contribution in [0.2, 0.25) is 0 Å². The third-order valence-electron chi connectivity index (χ3n) is 4.98. The van der Waals surface area contributed by atoms with Crippen LogP contribution in [-0.2, 0) is 16.1 Å². The molecule has 0 spiro atoms. The van der Waals surface area contributed by atoms with Crippen LogP contribution in [0.1, 0.15) is 30.0 Å². The summed E-state index contributed by atoms with van der Waals surface area (Å²) in [7, 11) is 0. The van der Waals surface area contributed by atoms with Gasteiger partial charge in [0.25, 0.3) is 5.91 Å². The molecule has 2 aromatic carbocycles. The van der Waals surface area contributed by atoms with Gasteiger partial charge in [0.15, 0.2) is 0 Å². The van der Waals surface area contributed by atoms with Crippen LogP contribution in [0.3, 0.4) is 0 Å². The molecule has 122 valence electrons. The number of imide groups is 1. The summed E-state index contributed by atoms with van der Waals surface area (Å²) in [5, 5.41) is 0. The van der Waals surface area contributed by atoms with E-state index in [2.05, 4.69) is 4.90 Å². The van der Waals surface area contributed by atoms with Gasteiger partial charge in [-0.25, -0.2) is 0 Å². The van der Waals surface area contributed by atoms with Gasteiger partial charge in [-0.1, -0.05) is 60.7 Å². The fourth-order valence-corrected chi connectivity index (χ4v) is 3.83. The van der Waals surface area contributed by atoms with Gasteiger partial charge in [-0.3, -0.25) is 19.4 Å². The minimum atomic E-state index is -0.347. The Morgan fingerprint density at radius 2 is 1.54 bits per heavy atom. The van der Waals surface area contributed by atoms with Crippen LogP contribution < -0.4 is 0 Å². The molecule has 0 aromatic heterocycles. The highest BCUT2D eigenvalue weighted by Gasteiger charge is 2.48. The number of piperazine rings is 1. The zero-order chi connectivity index (χ0) is 16.5. The molecule has 2 amide bonds. The Bertz CT molecular complexity index is 745. The van der Waals surface area contributed by atoms with E-state index >= 15 is 0 Å². The van der Waals surface area contributed by atoms with Gasteiger partial charge < -0.3 is 0 Å². The smallest absolute Gasteiger partial charge is 0.251 e. The van der Waals surface area contributed by atoms with E-state index in [9.17, 15) is 9.59 Å². The van der Waals surface area contributed by atoms with E-state index < -0.39 is 0 Å². The molecule has 2 heterocycles. The molecular weight excluding hydrogens is 300 g/mol. The van der Waals surface area contributed by atoms with Crippen molar-refractivity contribution in [1.82, 2.24) is 9.80 Å². The van der Waals surface area contributed by atoms with Crippen molar-refractivity contribution in [2.75, 3.05) is 6.54 Å². The second kappa shape index (κ2) is 6.21. The molecule has 0 bridgehead atoms. The topological polar surface area (TPSA) is 40.6 Å². The summed E-state index contributed by atoms with van der Waals surface area (Å²) < 4.78 is 0. The van der Waals surface area contributed by atoms with Crippen LogP contribution in [0, 0.1) is 0 Å². The first-order valence-electron chi connectivity index (χ1n) is 8.45. The van der Waals surface area contributed by atoms with Gasteiger partial charge in [0.05, 0.1) is 12.6 Å². The Balaban J connectivity index is 1.69. The Kier molecular flexibility index (Phi) is 3.90. The van der Waals surface area contributed by atoms with Crippen LogP contribution in [-0.4, -0.2) is 34.2 Å². The maximum absolute atomic E-state index is 13.1. The number of benzene rings is 2. The first-order chi connectivity index (χ1) is 11.8. The summed E-state index contributed by atoms with van der Waals surface area (Å²) >= 11 is 0. The molecule has 0 radical (unpaired) electrons. The predicted molar refractivity (Wildman–Crippen MR) is 90.9 cm³/mol. The number of fused-ring (bicyclic) bond motifs is 1. The number of hydrogen-bond acceptors (Lipinski definition) is 3. The Morgan fingerprint density at radius 1 is 0.875 bits per heavy atom. The van der Waals surface area contributed by atoms with Crippen molar-refractivity contribution in [3.05, 3.63) is 71.8 Å². The number of carbonyl (C=O) groups excluding carboxylic acids is 2. The first-order valence-corrected chi connectivity index (χ1v) is 8.45. The molecule has 2 aromatic rings. The number of rotatable bonds is 3. The van der Waals surface area contributed by atoms with E-state index in [-0.39, 0.29) is 23.9 Å². The van der Waals surface area contributed by atoms with E-state index in [4.69, 9.17) is 0 Å². The molecule has 2 aliphatic rings. The summed E-state index contributed by atoms with van der Waals surface area (Å²) in [6.45, 7) is 1.16. The maximum atomic E-state index is 13.1. The average molecular weight is 320 g/mol. The first kappa shape index (κ1) is 15.1. The van der Waals surface area contributed by atoms with Crippen LogP contribution in [0.5, 0.6) is 0 Å². The predicted octanol–water partition coefficient (Wildman–Crippen LogP) is 2.76. The largest absolute Gasteiger partial charge is 0.277 e. The van der Waals surface area contributed by atoms with E-state index in [1.54, 1.807) is 0 Å². The Morgan fingerprint density at radius 3 is 2.25 bits per heavy atom. The summed E-state index contributed by atoms with van der Waals surface area (Å²) in [4.78, 5) is 29.6. The third kappa shape index (κ3) is 2.53. The summed E-state index contributed by atoms with van der Waals surface area (Å²) in [6, 6.07) is 19.0.